The van der Waals surface area contributed by atoms with Gasteiger partial charge < -0.3 is 10.6 Å². The van der Waals surface area contributed by atoms with Crippen LogP contribution in [-0.2, 0) is 16.0 Å². The Morgan fingerprint density at radius 3 is 2.11 bits per heavy atom. The Kier molecular flexibility index (Phi) is 5.20. The minimum atomic E-state index is -0.252. The van der Waals surface area contributed by atoms with E-state index in [1.165, 1.54) is 31.4 Å². The van der Waals surface area contributed by atoms with Gasteiger partial charge in [0.25, 0.3) is 0 Å². The first-order valence-corrected chi connectivity index (χ1v) is 10.3. The van der Waals surface area contributed by atoms with E-state index in [0.717, 1.165) is 42.6 Å². The smallest absolute Gasteiger partial charge is 0.226 e. The van der Waals surface area contributed by atoms with E-state index in [0.29, 0.717) is 25.9 Å². The third-order valence-corrected chi connectivity index (χ3v) is 6.81. The molecule has 0 unspecified atom stereocenters. The summed E-state index contributed by atoms with van der Waals surface area (Å²) < 4.78 is 12.9. The SMILES string of the molecule is O=C(CCNC(=O)C12CC3CC(CC(C3)C1)C2)NCCc1ccc(F)cc1. The van der Waals surface area contributed by atoms with Crippen molar-refractivity contribution in [2.24, 2.45) is 23.2 Å². The Labute approximate surface area is 160 Å². The normalized spacial score (nSPS) is 30.9. The number of halogens is 1. The zero-order valence-electron chi connectivity index (χ0n) is 15.8. The molecule has 4 nitrogen and oxygen atoms in total. The van der Waals surface area contributed by atoms with Crippen LogP contribution in [-0.4, -0.2) is 24.9 Å². The van der Waals surface area contributed by atoms with Gasteiger partial charge in [0.15, 0.2) is 0 Å². The van der Waals surface area contributed by atoms with Crippen molar-refractivity contribution < 1.29 is 14.0 Å². The molecule has 0 saturated heterocycles. The Bertz CT molecular complexity index is 665. The van der Waals surface area contributed by atoms with Crippen molar-refractivity contribution in [3.8, 4) is 0 Å². The second kappa shape index (κ2) is 7.61. The fourth-order valence-corrected chi connectivity index (χ4v) is 5.95. The van der Waals surface area contributed by atoms with E-state index < -0.39 is 0 Å². The molecule has 0 atom stereocenters. The van der Waals surface area contributed by atoms with E-state index in [-0.39, 0.29) is 23.0 Å². The summed E-state index contributed by atoms with van der Waals surface area (Å²) in [6, 6.07) is 6.31. The molecule has 4 fully saturated rings. The van der Waals surface area contributed by atoms with E-state index in [9.17, 15) is 14.0 Å². The van der Waals surface area contributed by atoms with Gasteiger partial charge in [-0.3, -0.25) is 9.59 Å². The first kappa shape index (κ1) is 18.5. The molecule has 0 aromatic heterocycles. The molecule has 4 saturated carbocycles. The van der Waals surface area contributed by atoms with Gasteiger partial charge in [-0.25, -0.2) is 4.39 Å². The van der Waals surface area contributed by atoms with Gasteiger partial charge in [0, 0.05) is 24.9 Å². The van der Waals surface area contributed by atoms with Crippen molar-refractivity contribution in [2.75, 3.05) is 13.1 Å². The Morgan fingerprint density at radius 1 is 0.926 bits per heavy atom. The largest absolute Gasteiger partial charge is 0.356 e. The van der Waals surface area contributed by atoms with E-state index in [1.54, 1.807) is 12.1 Å². The van der Waals surface area contributed by atoms with Crippen LogP contribution < -0.4 is 10.6 Å². The van der Waals surface area contributed by atoms with Crippen LogP contribution in [0.15, 0.2) is 24.3 Å². The lowest BCUT2D eigenvalue weighted by Gasteiger charge is -2.55. The van der Waals surface area contributed by atoms with E-state index >= 15 is 0 Å². The van der Waals surface area contributed by atoms with Crippen LogP contribution in [0.5, 0.6) is 0 Å². The molecule has 4 aliphatic rings. The summed E-state index contributed by atoms with van der Waals surface area (Å²) in [5.41, 5.74) is 0.847. The maximum atomic E-state index is 12.9. The van der Waals surface area contributed by atoms with Gasteiger partial charge in [0.2, 0.25) is 11.8 Å². The first-order chi connectivity index (χ1) is 13.0. The fraction of sp³-hybridized carbons (Fsp3) is 0.636. The molecule has 1 aromatic carbocycles. The first-order valence-electron chi connectivity index (χ1n) is 10.3. The summed E-state index contributed by atoms with van der Waals surface area (Å²) in [5.74, 6) is 2.12. The molecule has 0 aliphatic heterocycles. The highest BCUT2D eigenvalue weighted by atomic mass is 19.1. The Hall–Kier alpha value is -1.91. The average Bonchev–Trinajstić information content (AvgIpc) is 2.62. The molecule has 1 aromatic rings. The maximum Gasteiger partial charge on any atom is 0.226 e. The van der Waals surface area contributed by atoms with Crippen molar-refractivity contribution in [1.82, 2.24) is 10.6 Å². The number of hydrogen-bond donors (Lipinski definition) is 2. The Balaban J connectivity index is 1.17. The molecular formula is C22H29FN2O2. The summed E-state index contributed by atoms with van der Waals surface area (Å²) >= 11 is 0. The van der Waals surface area contributed by atoms with E-state index in [4.69, 9.17) is 0 Å². The van der Waals surface area contributed by atoms with Crippen LogP contribution >= 0.6 is 0 Å². The van der Waals surface area contributed by atoms with Gasteiger partial charge >= 0.3 is 0 Å². The summed E-state index contributed by atoms with van der Waals surface area (Å²) in [4.78, 5) is 24.8. The summed E-state index contributed by atoms with van der Waals surface area (Å²) in [5, 5.41) is 5.91. The van der Waals surface area contributed by atoms with Crippen molar-refractivity contribution in [3.05, 3.63) is 35.6 Å². The highest BCUT2D eigenvalue weighted by molar-refractivity contribution is 5.84. The lowest BCUT2D eigenvalue weighted by molar-refractivity contribution is -0.146. The molecule has 5 rings (SSSR count). The van der Waals surface area contributed by atoms with Crippen LogP contribution in [0.2, 0.25) is 0 Å². The summed E-state index contributed by atoms with van der Waals surface area (Å²) in [6.07, 6.45) is 8.10. The molecule has 5 heteroatoms. The standard InChI is InChI=1S/C22H29FN2O2/c23-19-3-1-15(2-4-19)5-7-24-20(26)6-8-25-21(27)22-12-16-9-17(13-22)11-18(10-16)14-22/h1-4,16-18H,5-14H2,(H,24,26)(H,25,27). The van der Waals surface area contributed by atoms with Crippen LogP contribution in [0, 0.1) is 29.0 Å². The van der Waals surface area contributed by atoms with Crippen molar-refractivity contribution >= 4 is 11.8 Å². The van der Waals surface area contributed by atoms with Gasteiger partial charge in [0.05, 0.1) is 0 Å². The maximum absolute atomic E-state index is 12.9. The number of rotatable bonds is 7. The third kappa shape index (κ3) is 4.17. The van der Waals surface area contributed by atoms with Crippen LogP contribution in [0.3, 0.4) is 0 Å². The molecule has 0 radical (unpaired) electrons. The minimum absolute atomic E-state index is 0.0528. The predicted molar refractivity (Wildman–Crippen MR) is 101 cm³/mol. The lowest BCUT2D eigenvalue weighted by atomic mass is 9.49. The molecule has 2 amide bonds. The highest BCUT2D eigenvalue weighted by Crippen LogP contribution is 2.60. The van der Waals surface area contributed by atoms with Crippen LogP contribution in [0.25, 0.3) is 0 Å². The fourth-order valence-electron chi connectivity index (χ4n) is 5.95. The lowest BCUT2D eigenvalue weighted by Crippen LogP contribution is -2.53. The van der Waals surface area contributed by atoms with Gasteiger partial charge in [-0.15, -0.1) is 0 Å². The molecule has 2 N–H and O–H groups in total. The summed E-state index contributed by atoms with van der Waals surface area (Å²) in [6.45, 7) is 0.927. The molecule has 4 aliphatic carbocycles. The van der Waals surface area contributed by atoms with Crippen molar-refractivity contribution in [1.29, 1.82) is 0 Å². The van der Waals surface area contributed by atoms with Crippen molar-refractivity contribution in [2.45, 2.75) is 51.4 Å². The van der Waals surface area contributed by atoms with E-state index in [1.807, 2.05) is 0 Å². The van der Waals surface area contributed by atoms with Crippen LogP contribution in [0.1, 0.15) is 50.5 Å². The number of amides is 2. The zero-order chi connectivity index (χ0) is 18.9. The number of carbonyl (C=O) groups excluding carboxylic acids is 2. The quantitative estimate of drug-likeness (QED) is 0.772. The number of nitrogens with one attached hydrogen (secondary N) is 2. The van der Waals surface area contributed by atoms with Gasteiger partial charge in [-0.05, 0) is 80.4 Å². The van der Waals surface area contributed by atoms with Crippen LogP contribution in [0.4, 0.5) is 4.39 Å². The molecule has 27 heavy (non-hydrogen) atoms. The van der Waals surface area contributed by atoms with Crippen molar-refractivity contribution in [3.63, 3.8) is 0 Å². The van der Waals surface area contributed by atoms with E-state index in [2.05, 4.69) is 10.6 Å². The van der Waals surface area contributed by atoms with Gasteiger partial charge in [-0.2, -0.15) is 0 Å². The second-order valence-electron chi connectivity index (χ2n) is 8.93. The van der Waals surface area contributed by atoms with Gasteiger partial charge in [-0.1, -0.05) is 12.1 Å². The minimum Gasteiger partial charge on any atom is -0.356 e. The molecule has 146 valence electrons. The topological polar surface area (TPSA) is 58.2 Å². The molecule has 4 bridgehead atoms. The number of hydrogen-bond acceptors (Lipinski definition) is 2. The molecule has 0 heterocycles. The molecular weight excluding hydrogens is 343 g/mol. The zero-order valence-corrected chi connectivity index (χ0v) is 15.8. The molecule has 0 spiro atoms. The Morgan fingerprint density at radius 2 is 1.52 bits per heavy atom. The highest BCUT2D eigenvalue weighted by Gasteiger charge is 2.54. The number of carbonyl (C=O) groups is 2. The van der Waals surface area contributed by atoms with Gasteiger partial charge in [0.1, 0.15) is 5.82 Å². The average molecular weight is 372 g/mol. The second-order valence-corrected chi connectivity index (χ2v) is 8.93. The summed E-state index contributed by atoms with van der Waals surface area (Å²) in [7, 11) is 0. The predicted octanol–water partition coefficient (Wildman–Crippen LogP) is 3.21. The number of benzene rings is 1. The monoisotopic (exact) mass is 372 g/mol. The third-order valence-electron chi connectivity index (χ3n) is 6.81.